The zero-order valence-corrected chi connectivity index (χ0v) is 10.1. The van der Waals surface area contributed by atoms with Gasteiger partial charge in [0, 0.05) is 0 Å². The molecule has 2 rings (SSSR count). The van der Waals surface area contributed by atoms with E-state index in [0.717, 1.165) is 5.56 Å². The van der Waals surface area contributed by atoms with E-state index in [0.29, 0.717) is 0 Å². The maximum atomic E-state index is 9.74. The monoisotopic (exact) mass is 254 g/mol. The van der Waals surface area contributed by atoms with Gasteiger partial charge in [-0.05, 0) is 12.5 Å². The topological polar surface area (TPSA) is 79.2 Å². The largest absolute Gasteiger partial charge is 0.388 e. The summed E-state index contributed by atoms with van der Waals surface area (Å²) in [6, 6.07) is 9.46. The van der Waals surface area contributed by atoms with Gasteiger partial charge in [0.05, 0.1) is 12.7 Å². The molecule has 0 saturated carbocycles. The summed E-state index contributed by atoms with van der Waals surface area (Å²) in [4.78, 5) is 0. The Morgan fingerprint density at radius 2 is 1.72 bits per heavy atom. The third-order valence-electron chi connectivity index (χ3n) is 3.07. The van der Waals surface area contributed by atoms with Gasteiger partial charge in [0.1, 0.15) is 18.3 Å². The molecule has 1 saturated heterocycles. The molecule has 1 aromatic carbocycles. The molecule has 5 atom stereocenters. The molecule has 0 aliphatic carbocycles. The van der Waals surface area contributed by atoms with Crippen LogP contribution in [0.25, 0.3) is 0 Å². The number of aliphatic hydroxyl groups excluding tert-OH is 3. The molecule has 1 fully saturated rings. The molecule has 5 heteroatoms. The lowest BCUT2D eigenvalue weighted by atomic mass is 10.00. The van der Waals surface area contributed by atoms with Gasteiger partial charge in [-0.15, -0.1) is 0 Å². The first-order chi connectivity index (χ1) is 8.59. The first kappa shape index (κ1) is 13.5. The van der Waals surface area contributed by atoms with Gasteiger partial charge < -0.3 is 24.8 Å². The average molecular weight is 254 g/mol. The molecule has 0 bridgehead atoms. The Morgan fingerprint density at radius 1 is 1.06 bits per heavy atom. The molecule has 0 aromatic heterocycles. The highest BCUT2D eigenvalue weighted by atomic mass is 16.7. The van der Waals surface area contributed by atoms with Crippen LogP contribution in [-0.4, -0.2) is 46.0 Å². The smallest absolute Gasteiger partial charge is 0.186 e. The molecular formula is C13H18O5. The van der Waals surface area contributed by atoms with Crippen LogP contribution in [0, 0.1) is 0 Å². The van der Waals surface area contributed by atoms with Crippen LogP contribution in [0.15, 0.2) is 30.3 Å². The predicted molar refractivity (Wildman–Crippen MR) is 63.6 cm³/mol. The van der Waals surface area contributed by atoms with Crippen molar-refractivity contribution < 1.29 is 24.8 Å². The molecule has 1 unspecified atom stereocenters. The van der Waals surface area contributed by atoms with Gasteiger partial charge in [-0.3, -0.25) is 0 Å². The fraction of sp³-hybridized carbons (Fsp3) is 0.538. The maximum Gasteiger partial charge on any atom is 0.186 e. The lowest BCUT2D eigenvalue weighted by molar-refractivity contribution is -0.296. The molecule has 1 aliphatic heterocycles. The van der Waals surface area contributed by atoms with Gasteiger partial charge in [0.15, 0.2) is 6.29 Å². The Bertz CT molecular complexity index is 369. The van der Waals surface area contributed by atoms with Crippen molar-refractivity contribution >= 4 is 0 Å². The maximum absolute atomic E-state index is 9.74. The van der Waals surface area contributed by atoms with Crippen LogP contribution in [0.1, 0.15) is 12.5 Å². The Morgan fingerprint density at radius 3 is 2.39 bits per heavy atom. The Kier molecular flexibility index (Phi) is 4.31. The Balaban J connectivity index is 1.93. The number of hydrogen-bond donors (Lipinski definition) is 3. The number of benzene rings is 1. The van der Waals surface area contributed by atoms with E-state index in [4.69, 9.17) is 9.47 Å². The van der Waals surface area contributed by atoms with E-state index in [2.05, 4.69) is 0 Å². The second-order valence-electron chi connectivity index (χ2n) is 4.48. The highest BCUT2D eigenvalue weighted by molar-refractivity contribution is 5.13. The first-order valence-electron chi connectivity index (χ1n) is 5.95. The number of rotatable bonds is 3. The number of aliphatic hydroxyl groups is 3. The highest BCUT2D eigenvalue weighted by Crippen LogP contribution is 2.22. The van der Waals surface area contributed by atoms with Crippen molar-refractivity contribution in [2.75, 3.05) is 0 Å². The van der Waals surface area contributed by atoms with Crippen molar-refractivity contribution in [3.63, 3.8) is 0 Å². The fourth-order valence-electron chi connectivity index (χ4n) is 1.90. The minimum atomic E-state index is -1.26. The summed E-state index contributed by atoms with van der Waals surface area (Å²) in [6.45, 7) is 1.90. The summed E-state index contributed by atoms with van der Waals surface area (Å²) in [5, 5.41) is 28.9. The van der Waals surface area contributed by atoms with Gasteiger partial charge in [-0.2, -0.15) is 0 Å². The van der Waals surface area contributed by atoms with Gasteiger partial charge in [0.25, 0.3) is 0 Å². The highest BCUT2D eigenvalue weighted by Gasteiger charge is 2.42. The van der Waals surface area contributed by atoms with Crippen LogP contribution < -0.4 is 0 Å². The quantitative estimate of drug-likeness (QED) is 0.709. The molecule has 18 heavy (non-hydrogen) atoms. The van der Waals surface area contributed by atoms with Crippen LogP contribution in [0.5, 0.6) is 0 Å². The van der Waals surface area contributed by atoms with Crippen molar-refractivity contribution in [3.05, 3.63) is 35.9 Å². The Labute approximate surface area is 106 Å². The third-order valence-corrected chi connectivity index (χ3v) is 3.07. The second kappa shape index (κ2) is 5.77. The van der Waals surface area contributed by atoms with Gasteiger partial charge in [0.2, 0.25) is 0 Å². The number of hydrogen-bond acceptors (Lipinski definition) is 5. The molecule has 1 aromatic rings. The third kappa shape index (κ3) is 2.88. The normalized spacial score (nSPS) is 36.6. The van der Waals surface area contributed by atoms with Crippen LogP contribution in [0.4, 0.5) is 0 Å². The predicted octanol–water partition coefficient (Wildman–Crippen LogP) is 0.0307. The van der Waals surface area contributed by atoms with Gasteiger partial charge in [-0.25, -0.2) is 0 Å². The summed E-state index contributed by atoms with van der Waals surface area (Å²) in [7, 11) is 0. The van der Waals surface area contributed by atoms with Crippen LogP contribution in [-0.2, 0) is 16.1 Å². The zero-order valence-electron chi connectivity index (χ0n) is 10.1. The van der Waals surface area contributed by atoms with E-state index < -0.39 is 30.7 Å². The number of ether oxygens (including phenoxy) is 2. The van der Waals surface area contributed by atoms with E-state index in [-0.39, 0.29) is 6.61 Å². The summed E-state index contributed by atoms with van der Waals surface area (Å²) in [6.07, 6.45) is -5.12. The minimum absolute atomic E-state index is 0.276. The molecule has 100 valence electrons. The van der Waals surface area contributed by atoms with Crippen LogP contribution in [0.2, 0.25) is 0 Å². The van der Waals surface area contributed by atoms with E-state index in [1.807, 2.05) is 30.3 Å². The molecule has 1 heterocycles. The fourth-order valence-corrected chi connectivity index (χ4v) is 1.90. The molecule has 0 spiro atoms. The molecule has 0 radical (unpaired) electrons. The van der Waals surface area contributed by atoms with Crippen molar-refractivity contribution in [2.24, 2.45) is 0 Å². The SMILES string of the molecule is C[C@@H]1OC(OCc2ccccc2)[C@@H](O)[C@H](O)[C@@H]1O. The van der Waals surface area contributed by atoms with Crippen molar-refractivity contribution in [3.8, 4) is 0 Å². The molecule has 5 nitrogen and oxygen atoms in total. The van der Waals surface area contributed by atoms with E-state index in [1.165, 1.54) is 0 Å². The summed E-state index contributed by atoms with van der Waals surface area (Å²) < 4.78 is 10.7. The first-order valence-corrected chi connectivity index (χ1v) is 5.95. The minimum Gasteiger partial charge on any atom is -0.388 e. The van der Waals surface area contributed by atoms with E-state index in [9.17, 15) is 15.3 Å². The molecule has 1 aliphatic rings. The lowest BCUT2D eigenvalue weighted by Crippen LogP contribution is -2.57. The lowest BCUT2D eigenvalue weighted by Gasteiger charge is -2.38. The van der Waals surface area contributed by atoms with Gasteiger partial charge >= 0.3 is 0 Å². The van der Waals surface area contributed by atoms with Crippen molar-refractivity contribution in [2.45, 2.75) is 44.2 Å². The summed E-state index contributed by atoms with van der Waals surface area (Å²) in [5.74, 6) is 0. The Hall–Kier alpha value is -0.980. The zero-order chi connectivity index (χ0) is 13.1. The van der Waals surface area contributed by atoms with E-state index >= 15 is 0 Å². The molecule has 0 amide bonds. The van der Waals surface area contributed by atoms with E-state index in [1.54, 1.807) is 6.92 Å². The van der Waals surface area contributed by atoms with Crippen LogP contribution in [0.3, 0.4) is 0 Å². The second-order valence-corrected chi connectivity index (χ2v) is 4.48. The molecule has 3 N–H and O–H groups in total. The standard InChI is InChI=1S/C13H18O5/c1-8-10(14)11(15)12(16)13(18-8)17-7-9-5-3-2-4-6-9/h2-6,8,10-16H,7H2,1H3/t8-,10+,11+,12-,13?/m0/s1. The molecular weight excluding hydrogens is 236 g/mol. The van der Waals surface area contributed by atoms with Crippen LogP contribution >= 0.6 is 0 Å². The van der Waals surface area contributed by atoms with Crippen molar-refractivity contribution in [1.29, 1.82) is 0 Å². The van der Waals surface area contributed by atoms with Crippen molar-refractivity contribution in [1.82, 2.24) is 0 Å². The summed E-state index contributed by atoms with van der Waals surface area (Å²) in [5.41, 5.74) is 0.946. The van der Waals surface area contributed by atoms with Gasteiger partial charge in [-0.1, -0.05) is 30.3 Å². The average Bonchev–Trinajstić information content (AvgIpc) is 2.40. The summed E-state index contributed by atoms with van der Waals surface area (Å²) >= 11 is 0.